The molecule has 1 aromatic carbocycles. The van der Waals surface area contributed by atoms with Gasteiger partial charge in [-0.15, -0.1) is 0 Å². The Hall–Kier alpha value is -2.23. The molecule has 0 aliphatic rings. The number of nitrogens with zero attached hydrogens (tertiary/aromatic N) is 2. The zero-order valence-electron chi connectivity index (χ0n) is 10.4. The first kappa shape index (κ1) is 16.8. The summed E-state index contributed by atoms with van der Waals surface area (Å²) in [6.07, 6.45) is -4.69. The maximum Gasteiger partial charge on any atom is 0.406 e. The van der Waals surface area contributed by atoms with Gasteiger partial charge in [0.2, 0.25) is 5.82 Å². The largest absolute Gasteiger partial charge is 0.406 e. The van der Waals surface area contributed by atoms with Crippen molar-refractivity contribution < 1.29 is 32.4 Å². The molecule has 0 atom stereocenters. The first-order chi connectivity index (χ1) is 9.65. The van der Waals surface area contributed by atoms with Crippen LogP contribution in [0.2, 0.25) is 0 Å². The summed E-state index contributed by atoms with van der Waals surface area (Å²) in [7, 11) is 0. The third-order valence-electron chi connectivity index (χ3n) is 2.42. The number of rotatable bonds is 5. The molecule has 1 amide bonds. The lowest BCUT2D eigenvalue weighted by Crippen LogP contribution is -2.40. The van der Waals surface area contributed by atoms with Gasteiger partial charge in [0.1, 0.15) is 6.54 Å². The van der Waals surface area contributed by atoms with Crippen LogP contribution in [0.1, 0.15) is 10.4 Å². The SMILES string of the molecule is O=C(c1ccc([N+](=O)[O-])c(F)c1)N(CCO)CC(F)(F)F. The summed E-state index contributed by atoms with van der Waals surface area (Å²) in [5, 5.41) is 19.1. The van der Waals surface area contributed by atoms with Gasteiger partial charge in [-0.2, -0.15) is 17.6 Å². The van der Waals surface area contributed by atoms with Gasteiger partial charge < -0.3 is 10.0 Å². The minimum absolute atomic E-state index is 0.278. The molecule has 1 rings (SSSR count). The zero-order chi connectivity index (χ0) is 16.2. The molecule has 0 aromatic heterocycles. The molecule has 0 radical (unpaired) electrons. The average Bonchev–Trinajstić information content (AvgIpc) is 2.35. The van der Waals surface area contributed by atoms with Crippen molar-refractivity contribution in [2.24, 2.45) is 0 Å². The number of carbonyl (C=O) groups excluding carboxylic acids is 1. The van der Waals surface area contributed by atoms with E-state index in [0.717, 1.165) is 6.07 Å². The predicted octanol–water partition coefficient (Wildman–Crippen LogP) is 1.73. The van der Waals surface area contributed by atoms with Gasteiger partial charge in [-0.05, 0) is 12.1 Å². The van der Waals surface area contributed by atoms with Crippen molar-refractivity contribution in [1.82, 2.24) is 4.90 Å². The minimum Gasteiger partial charge on any atom is -0.395 e. The highest BCUT2D eigenvalue weighted by atomic mass is 19.4. The highest BCUT2D eigenvalue weighted by molar-refractivity contribution is 5.94. The van der Waals surface area contributed by atoms with Gasteiger partial charge >= 0.3 is 11.9 Å². The van der Waals surface area contributed by atoms with E-state index < -0.39 is 53.8 Å². The number of alkyl halides is 3. The first-order valence-corrected chi connectivity index (χ1v) is 5.56. The van der Waals surface area contributed by atoms with Crippen molar-refractivity contribution in [1.29, 1.82) is 0 Å². The summed E-state index contributed by atoms with van der Waals surface area (Å²) in [5.41, 5.74) is -1.37. The van der Waals surface area contributed by atoms with Crippen molar-refractivity contribution in [2.45, 2.75) is 6.18 Å². The second kappa shape index (κ2) is 6.48. The van der Waals surface area contributed by atoms with Crippen molar-refractivity contribution in [3.63, 3.8) is 0 Å². The van der Waals surface area contributed by atoms with Crippen molar-refractivity contribution in [3.8, 4) is 0 Å². The van der Waals surface area contributed by atoms with Crippen LogP contribution in [0.4, 0.5) is 23.2 Å². The lowest BCUT2D eigenvalue weighted by Gasteiger charge is -2.23. The maximum atomic E-state index is 13.4. The third-order valence-corrected chi connectivity index (χ3v) is 2.42. The second-order valence-electron chi connectivity index (χ2n) is 3.99. The smallest absolute Gasteiger partial charge is 0.395 e. The fourth-order valence-electron chi connectivity index (χ4n) is 1.56. The van der Waals surface area contributed by atoms with E-state index in [2.05, 4.69) is 0 Å². The molecule has 0 fully saturated rings. The molecule has 21 heavy (non-hydrogen) atoms. The van der Waals surface area contributed by atoms with Gasteiger partial charge in [0.05, 0.1) is 11.5 Å². The van der Waals surface area contributed by atoms with Gasteiger partial charge in [-0.3, -0.25) is 14.9 Å². The highest BCUT2D eigenvalue weighted by Crippen LogP contribution is 2.21. The van der Waals surface area contributed by atoms with Gasteiger partial charge in [-0.1, -0.05) is 0 Å². The number of nitro benzene ring substituents is 1. The van der Waals surface area contributed by atoms with E-state index in [4.69, 9.17) is 5.11 Å². The van der Waals surface area contributed by atoms with E-state index in [-0.39, 0.29) is 4.90 Å². The number of aliphatic hydroxyl groups is 1. The first-order valence-electron chi connectivity index (χ1n) is 5.56. The average molecular weight is 310 g/mol. The summed E-state index contributed by atoms with van der Waals surface area (Å²) >= 11 is 0. The number of halogens is 4. The Labute approximate surface area is 115 Å². The van der Waals surface area contributed by atoms with E-state index in [1.54, 1.807) is 0 Å². The predicted molar refractivity (Wildman–Crippen MR) is 62.1 cm³/mol. The molecule has 6 nitrogen and oxygen atoms in total. The number of nitro groups is 1. The van der Waals surface area contributed by atoms with Crippen LogP contribution in [0.25, 0.3) is 0 Å². The Morgan fingerprint density at radius 1 is 1.38 bits per heavy atom. The normalized spacial score (nSPS) is 11.3. The number of hydrogen-bond donors (Lipinski definition) is 1. The van der Waals surface area contributed by atoms with Crippen LogP contribution in [-0.2, 0) is 0 Å². The Bertz CT molecular complexity index is 548. The molecule has 0 bridgehead atoms. The Morgan fingerprint density at radius 3 is 2.43 bits per heavy atom. The van der Waals surface area contributed by atoms with Gasteiger partial charge in [0, 0.05) is 18.2 Å². The molecule has 0 heterocycles. The summed E-state index contributed by atoms with van der Waals surface area (Å²) in [4.78, 5) is 21.5. The molecule has 1 N–H and O–H groups in total. The molecule has 1 aromatic rings. The molecule has 0 spiro atoms. The van der Waals surface area contributed by atoms with Crippen LogP contribution < -0.4 is 0 Å². The van der Waals surface area contributed by atoms with Crippen LogP contribution in [0, 0.1) is 15.9 Å². The summed E-state index contributed by atoms with van der Waals surface area (Å²) in [6, 6.07) is 2.03. The molecule has 0 saturated heterocycles. The lowest BCUT2D eigenvalue weighted by molar-refractivity contribution is -0.387. The zero-order valence-corrected chi connectivity index (χ0v) is 10.4. The molecule has 10 heteroatoms. The molecular weight excluding hydrogens is 300 g/mol. The van der Waals surface area contributed by atoms with Crippen LogP contribution in [0.5, 0.6) is 0 Å². The number of aliphatic hydroxyl groups excluding tert-OH is 1. The van der Waals surface area contributed by atoms with E-state index in [0.29, 0.717) is 12.1 Å². The van der Waals surface area contributed by atoms with Crippen molar-refractivity contribution in [3.05, 3.63) is 39.7 Å². The summed E-state index contributed by atoms with van der Waals surface area (Å²) in [6.45, 7) is -2.93. The van der Waals surface area contributed by atoms with E-state index >= 15 is 0 Å². The topological polar surface area (TPSA) is 83.7 Å². The molecule has 0 unspecified atom stereocenters. The fraction of sp³-hybridized carbons (Fsp3) is 0.364. The van der Waals surface area contributed by atoms with Crippen LogP contribution in [-0.4, -0.2) is 46.7 Å². The summed E-state index contributed by atoms with van der Waals surface area (Å²) in [5.74, 6) is -2.52. The minimum atomic E-state index is -4.69. The second-order valence-corrected chi connectivity index (χ2v) is 3.99. The van der Waals surface area contributed by atoms with Gasteiger partial charge in [0.15, 0.2) is 0 Å². The van der Waals surface area contributed by atoms with Crippen molar-refractivity contribution >= 4 is 11.6 Å². The molecule has 0 aliphatic carbocycles. The van der Waals surface area contributed by atoms with Crippen LogP contribution >= 0.6 is 0 Å². The number of hydrogen-bond acceptors (Lipinski definition) is 4. The quantitative estimate of drug-likeness (QED) is 0.510. The Kier molecular flexibility index (Phi) is 5.19. The molecule has 0 aliphatic heterocycles. The number of benzene rings is 1. The van der Waals surface area contributed by atoms with Crippen molar-refractivity contribution in [2.75, 3.05) is 19.7 Å². The molecule has 0 saturated carbocycles. The highest BCUT2D eigenvalue weighted by Gasteiger charge is 2.33. The standard InChI is InChI=1S/C11H10F4N2O4/c12-8-5-7(1-2-9(8)17(20)21)10(19)16(3-4-18)6-11(13,14)15/h1-2,5,18H,3-4,6H2. The molecule has 116 valence electrons. The number of amides is 1. The van der Waals surface area contributed by atoms with Gasteiger partial charge in [0.25, 0.3) is 5.91 Å². The summed E-state index contributed by atoms with van der Waals surface area (Å²) < 4.78 is 50.3. The third kappa shape index (κ3) is 4.67. The maximum absolute atomic E-state index is 13.4. The Morgan fingerprint density at radius 2 is 2.00 bits per heavy atom. The van der Waals surface area contributed by atoms with Crippen LogP contribution in [0.3, 0.4) is 0 Å². The lowest BCUT2D eigenvalue weighted by atomic mass is 10.1. The van der Waals surface area contributed by atoms with E-state index in [1.165, 1.54) is 0 Å². The van der Waals surface area contributed by atoms with Crippen LogP contribution in [0.15, 0.2) is 18.2 Å². The Balaban J connectivity index is 3.04. The van der Waals surface area contributed by atoms with Gasteiger partial charge in [-0.25, -0.2) is 0 Å². The van der Waals surface area contributed by atoms with E-state index in [1.807, 2.05) is 0 Å². The van der Waals surface area contributed by atoms with E-state index in [9.17, 15) is 32.5 Å². The monoisotopic (exact) mass is 310 g/mol. The molecular formula is C11H10F4N2O4. The number of carbonyl (C=O) groups is 1. The fourth-order valence-corrected chi connectivity index (χ4v) is 1.56.